The summed E-state index contributed by atoms with van der Waals surface area (Å²) >= 11 is 0. The number of carbonyl (C=O) groups excluding carboxylic acids is 1. The van der Waals surface area contributed by atoms with Crippen LogP contribution in [0.3, 0.4) is 0 Å². The van der Waals surface area contributed by atoms with Crippen molar-refractivity contribution < 1.29 is 18.4 Å². The lowest BCUT2D eigenvalue weighted by Gasteiger charge is -2.24. The average Bonchev–Trinajstić information content (AvgIpc) is 2.31. The van der Waals surface area contributed by atoms with Crippen LogP contribution in [0.25, 0.3) is 0 Å². The second-order valence-electron chi connectivity index (χ2n) is 3.63. The van der Waals surface area contributed by atoms with Crippen molar-refractivity contribution in [2.75, 3.05) is 26.9 Å². The minimum absolute atomic E-state index is 0.222. The van der Waals surface area contributed by atoms with Crippen LogP contribution in [0.1, 0.15) is 26.7 Å². The van der Waals surface area contributed by atoms with E-state index in [2.05, 4.69) is 5.32 Å². The first-order chi connectivity index (χ1) is 8.15. The maximum Gasteiger partial charge on any atom is 0.353 e. The third-order valence-corrected chi connectivity index (χ3v) is 4.30. The highest BCUT2D eigenvalue weighted by Crippen LogP contribution is 2.02. The number of rotatable bonds is 10. The molecule has 0 aliphatic rings. The van der Waals surface area contributed by atoms with Crippen LogP contribution < -0.4 is 11.1 Å². The zero-order chi connectivity index (χ0) is 13.1. The fraction of sp³-hybridized carbons (Fsp3) is 0.900. The Balaban J connectivity index is 4.20. The summed E-state index contributed by atoms with van der Waals surface area (Å²) in [5.74, 6) is 0. The quantitative estimate of drug-likeness (QED) is 0.555. The minimum Gasteiger partial charge on any atom is -0.395 e. The minimum atomic E-state index is -1.94. The Labute approximate surface area is 105 Å². The molecule has 0 aliphatic carbocycles. The highest BCUT2D eigenvalue weighted by Gasteiger charge is 2.26. The fourth-order valence-corrected chi connectivity index (χ4v) is 3.22. The Morgan fingerprint density at radius 1 is 1.29 bits per heavy atom. The molecule has 7 heteroatoms. The van der Waals surface area contributed by atoms with E-state index in [0.29, 0.717) is 19.8 Å². The molecule has 2 amide bonds. The predicted molar refractivity (Wildman–Crippen MR) is 68.0 cm³/mol. The van der Waals surface area contributed by atoms with Crippen molar-refractivity contribution in [1.82, 2.24) is 5.32 Å². The first kappa shape index (κ1) is 16.4. The van der Waals surface area contributed by atoms with E-state index in [0.717, 1.165) is 12.8 Å². The first-order valence-corrected chi connectivity index (χ1v) is 7.55. The van der Waals surface area contributed by atoms with Gasteiger partial charge in [-0.15, -0.1) is 0 Å². The molecule has 0 aromatic carbocycles. The van der Waals surface area contributed by atoms with Gasteiger partial charge in [0.15, 0.2) is 0 Å². The van der Waals surface area contributed by atoms with E-state index in [1.54, 1.807) is 7.11 Å². The van der Waals surface area contributed by atoms with Gasteiger partial charge in [-0.1, -0.05) is 13.8 Å². The van der Waals surface area contributed by atoms with E-state index in [4.69, 9.17) is 19.3 Å². The summed E-state index contributed by atoms with van der Waals surface area (Å²) in [7, 11) is -0.354. The van der Waals surface area contributed by atoms with E-state index in [1.165, 1.54) is 0 Å². The van der Waals surface area contributed by atoms with Crippen LogP contribution in [0.15, 0.2) is 0 Å². The molecular formula is C10H24N2O4Si. The number of urea groups is 1. The molecule has 17 heavy (non-hydrogen) atoms. The van der Waals surface area contributed by atoms with Crippen molar-refractivity contribution >= 4 is 15.3 Å². The molecule has 102 valence electrons. The second-order valence-corrected chi connectivity index (χ2v) is 5.78. The standard InChI is InChI=1S/C10H24N2O4Si/c1-4-6-15-17(16-7-5-2)9(14-3)8-12-10(11)13/h9,17H,4-8H2,1-3H3,(H3,11,12,13). The molecule has 0 fully saturated rings. The number of ether oxygens (including phenoxy) is 1. The molecular weight excluding hydrogens is 240 g/mol. The molecule has 0 aromatic heterocycles. The van der Waals surface area contributed by atoms with Gasteiger partial charge in [-0.2, -0.15) is 0 Å². The Morgan fingerprint density at radius 3 is 2.18 bits per heavy atom. The van der Waals surface area contributed by atoms with Crippen LogP contribution in [0.2, 0.25) is 0 Å². The molecule has 0 heterocycles. The Hall–Kier alpha value is -0.633. The van der Waals surface area contributed by atoms with Crippen LogP contribution in [0.5, 0.6) is 0 Å². The van der Waals surface area contributed by atoms with Gasteiger partial charge in [0.25, 0.3) is 0 Å². The van der Waals surface area contributed by atoms with E-state index in [9.17, 15) is 4.79 Å². The van der Waals surface area contributed by atoms with Crippen molar-refractivity contribution in [1.29, 1.82) is 0 Å². The van der Waals surface area contributed by atoms with Crippen molar-refractivity contribution in [2.45, 2.75) is 32.4 Å². The SMILES string of the molecule is CCCO[SiH](OCCC)C(CNC(N)=O)OC. The van der Waals surface area contributed by atoms with Gasteiger partial charge in [0.05, 0.1) is 0 Å². The van der Waals surface area contributed by atoms with Gasteiger partial charge in [-0.05, 0) is 12.8 Å². The summed E-state index contributed by atoms with van der Waals surface area (Å²) in [6.07, 6.45) is 1.86. The molecule has 0 rings (SSSR count). The van der Waals surface area contributed by atoms with Crippen LogP contribution >= 0.6 is 0 Å². The molecule has 0 spiro atoms. The molecule has 3 N–H and O–H groups in total. The molecule has 1 unspecified atom stereocenters. The summed E-state index contributed by atoms with van der Waals surface area (Å²) in [6, 6.07) is -0.564. The summed E-state index contributed by atoms with van der Waals surface area (Å²) < 4.78 is 16.7. The molecule has 0 saturated heterocycles. The number of hydrogen-bond donors (Lipinski definition) is 2. The number of nitrogens with two attached hydrogens (primary N) is 1. The van der Waals surface area contributed by atoms with E-state index < -0.39 is 15.3 Å². The Kier molecular flexibility index (Phi) is 10.1. The summed E-state index contributed by atoms with van der Waals surface area (Å²) in [5, 5.41) is 2.52. The second kappa shape index (κ2) is 10.5. The van der Waals surface area contributed by atoms with Gasteiger partial charge in [-0.25, -0.2) is 4.79 Å². The lowest BCUT2D eigenvalue weighted by Crippen LogP contribution is -2.47. The maximum absolute atomic E-state index is 10.7. The van der Waals surface area contributed by atoms with Crippen molar-refractivity contribution in [3.05, 3.63) is 0 Å². The molecule has 6 nitrogen and oxygen atoms in total. The largest absolute Gasteiger partial charge is 0.395 e. The molecule has 0 aromatic rings. The van der Waals surface area contributed by atoms with Gasteiger partial charge in [0.2, 0.25) is 0 Å². The molecule has 0 aliphatic heterocycles. The first-order valence-electron chi connectivity index (χ1n) is 5.94. The van der Waals surface area contributed by atoms with Crippen molar-refractivity contribution in [2.24, 2.45) is 5.73 Å². The zero-order valence-corrected chi connectivity index (χ0v) is 12.1. The highest BCUT2D eigenvalue weighted by molar-refractivity contribution is 6.46. The van der Waals surface area contributed by atoms with E-state index in [1.807, 2.05) is 13.8 Å². The van der Waals surface area contributed by atoms with Gasteiger partial charge < -0.3 is 24.6 Å². The van der Waals surface area contributed by atoms with E-state index >= 15 is 0 Å². The average molecular weight is 264 g/mol. The number of amides is 2. The smallest absolute Gasteiger partial charge is 0.353 e. The fourth-order valence-electron chi connectivity index (χ4n) is 1.22. The molecule has 0 radical (unpaired) electrons. The number of nitrogens with one attached hydrogen (secondary N) is 1. The van der Waals surface area contributed by atoms with Crippen LogP contribution in [0, 0.1) is 0 Å². The van der Waals surface area contributed by atoms with E-state index in [-0.39, 0.29) is 5.73 Å². The zero-order valence-electron chi connectivity index (χ0n) is 10.9. The van der Waals surface area contributed by atoms with Gasteiger partial charge in [-0.3, -0.25) is 0 Å². The summed E-state index contributed by atoms with van der Waals surface area (Å²) in [6.45, 7) is 5.70. The highest BCUT2D eigenvalue weighted by atomic mass is 28.3. The lowest BCUT2D eigenvalue weighted by atomic mass is 10.5. The normalized spacial score (nSPS) is 12.7. The topological polar surface area (TPSA) is 82.8 Å². The van der Waals surface area contributed by atoms with Gasteiger partial charge in [0.1, 0.15) is 5.73 Å². The summed E-state index contributed by atoms with van der Waals surface area (Å²) in [4.78, 5) is 10.7. The monoisotopic (exact) mass is 264 g/mol. The number of primary amides is 1. The predicted octanol–water partition coefficient (Wildman–Crippen LogP) is 0.283. The van der Waals surface area contributed by atoms with Crippen LogP contribution in [-0.2, 0) is 13.6 Å². The number of carbonyl (C=O) groups is 1. The lowest BCUT2D eigenvalue weighted by molar-refractivity contribution is 0.0939. The molecule has 0 bridgehead atoms. The van der Waals surface area contributed by atoms with Crippen LogP contribution in [0.4, 0.5) is 4.79 Å². The number of hydrogen-bond acceptors (Lipinski definition) is 4. The third kappa shape index (κ3) is 8.14. The number of methoxy groups -OCH3 is 1. The van der Waals surface area contributed by atoms with Gasteiger partial charge in [0, 0.05) is 26.9 Å². The summed E-state index contributed by atoms with van der Waals surface area (Å²) in [5.41, 5.74) is 4.80. The van der Waals surface area contributed by atoms with Crippen molar-refractivity contribution in [3.63, 3.8) is 0 Å². The molecule has 0 saturated carbocycles. The van der Waals surface area contributed by atoms with Crippen molar-refractivity contribution in [3.8, 4) is 0 Å². The van der Waals surface area contributed by atoms with Crippen LogP contribution in [-0.4, -0.2) is 47.9 Å². The molecule has 1 atom stereocenters. The maximum atomic E-state index is 10.7. The third-order valence-electron chi connectivity index (χ3n) is 2.06. The Morgan fingerprint density at radius 2 is 1.82 bits per heavy atom. The van der Waals surface area contributed by atoms with Gasteiger partial charge >= 0.3 is 15.3 Å². The Bertz CT molecular complexity index is 199.